The van der Waals surface area contributed by atoms with Gasteiger partial charge < -0.3 is 10.1 Å². The second-order valence-electron chi connectivity index (χ2n) is 5.24. The third kappa shape index (κ3) is 2.65. The van der Waals surface area contributed by atoms with Crippen LogP contribution in [0.3, 0.4) is 0 Å². The zero-order chi connectivity index (χ0) is 12.4. The molecule has 0 unspecified atom stereocenters. The average molecular weight is 250 g/mol. The van der Waals surface area contributed by atoms with Crippen LogP contribution in [0.1, 0.15) is 0 Å². The predicted molar refractivity (Wildman–Crippen MR) is 68.2 cm³/mol. The minimum atomic E-state index is -0.220. The van der Waals surface area contributed by atoms with E-state index in [1.807, 2.05) is 0 Å². The minimum absolute atomic E-state index is 0.220. The Labute approximate surface area is 107 Å². The Morgan fingerprint density at radius 2 is 1.83 bits per heavy atom. The molecule has 2 saturated heterocycles. The molecule has 1 aromatic rings. The fraction of sp³-hybridized carbons (Fsp3) is 0.571. The maximum atomic E-state index is 12.7. The molecule has 3 nitrogen and oxygen atoms in total. The molecule has 18 heavy (non-hydrogen) atoms. The van der Waals surface area contributed by atoms with Crippen molar-refractivity contribution >= 4 is 0 Å². The molecule has 4 heteroatoms. The van der Waals surface area contributed by atoms with Crippen molar-refractivity contribution in [2.75, 3.05) is 39.3 Å². The van der Waals surface area contributed by atoms with E-state index >= 15 is 0 Å². The molecule has 0 aliphatic carbocycles. The molecule has 0 amide bonds. The lowest BCUT2D eigenvalue weighted by atomic mass is 10.0. The van der Waals surface area contributed by atoms with Crippen molar-refractivity contribution in [2.45, 2.75) is 0 Å². The SMILES string of the molecule is Fc1ccc(OCCN2C[C@H]3CNC[C@H]3C2)cc1. The van der Waals surface area contributed by atoms with Crippen molar-refractivity contribution in [1.29, 1.82) is 0 Å². The third-order valence-corrected chi connectivity index (χ3v) is 3.96. The highest BCUT2D eigenvalue weighted by Crippen LogP contribution is 2.25. The number of hydrogen-bond acceptors (Lipinski definition) is 3. The van der Waals surface area contributed by atoms with Crippen LogP contribution in [0.15, 0.2) is 24.3 Å². The number of ether oxygens (including phenoxy) is 1. The van der Waals surface area contributed by atoms with Gasteiger partial charge in [-0.25, -0.2) is 4.39 Å². The molecule has 2 aliphatic heterocycles. The molecule has 0 spiro atoms. The molecule has 98 valence electrons. The number of nitrogens with one attached hydrogen (secondary N) is 1. The summed E-state index contributed by atoms with van der Waals surface area (Å²) in [7, 11) is 0. The first-order valence-electron chi connectivity index (χ1n) is 6.63. The summed E-state index contributed by atoms with van der Waals surface area (Å²) < 4.78 is 18.3. The average Bonchev–Trinajstić information content (AvgIpc) is 2.92. The topological polar surface area (TPSA) is 24.5 Å². The summed E-state index contributed by atoms with van der Waals surface area (Å²) in [6, 6.07) is 6.22. The number of fused-ring (bicyclic) bond motifs is 1. The summed E-state index contributed by atoms with van der Waals surface area (Å²) in [5.74, 6) is 2.19. The van der Waals surface area contributed by atoms with E-state index in [4.69, 9.17) is 4.74 Å². The third-order valence-electron chi connectivity index (χ3n) is 3.96. The van der Waals surface area contributed by atoms with E-state index in [1.54, 1.807) is 12.1 Å². The normalized spacial score (nSPS) is 27.4. The van der Waals surface area contributed by atoms with Gasteiger partial charge in [0.25, 0.3) is 0 Å². The Bertz CT molecular complexity index is 383. The highest BCUT2D eigenvalue weighted by molar-refractivity contribution is 5.21. The zero-order valence-corrected chi connectivity index (χ0v) is 10.4. The van der Waals surface area contributed by atoms with Crippen molar-refractivity contribution < 1.29 is 9.13 Å². The maximum absolute atomic E-state index is 12.7. The van der Waals surface area contributed by atoms with Crippen LogP contribution in [0, 0.1) is 17.7 Å². The van der Waals surface area contributed by atoms with Gasteiger partial charge in [-0.15, -0.1) is 0 Å². The number of rotatable bonds is 4. The highest BCUT2D eigenvalue weighted by atomic mass is 19.1. The molecule has 2 fully saturated rings. The van der Waals surface area contributed by atoms with E-state index in [2.05, 4.69) is 10.2 Å². The number of benzene rings is 1. The van der Waals surface area contributed by atoms with E-state index in [-0.39, 0.29) is 5.82 Å². The van der Waals surface area contributed by atoms with Gasteiger partial charge >= 0.3 is 0 Å². The van der Waals surface area contributed by atoms with Crippen molar-refractivity contribution in [3.63, 3.8) is 0 Å². The van der Waals surface area contributed by atoms with E-state index in [0.29, 0.717) is 6.61 Å². The largest absolute Gasteiger partial charge is 0.492 e. The summed E-state index contributed by atoms with van der Waals surface area (Å²) >= 11 is 0. The minimum Gasteiger partial charge on any atom is -0.492 e. The molecule has 0 radical (unpaired) electrons. The summed E-state index contributed by atoms with van der Waals surface area (Å²) in [4.78, 5) is 2.47. The summed E-state index contributed by atoms with van der Waals surface area (Å²) in [5.41, 5.74) is 0. The summed E-state index contributed by atoms with van der Waals surface area (Å²) in [5, 5.41) is 3.44. The van der Waals surface area contributed by atoms with E-state index in [0.717, 1.165) is 24.1 Å². The molecule has 3 rings (SSSR count). The van der Waals surface area contributed by atoms with Crippen LogP contribution >= 0.6 is 0 Å². The van der Waals surface area contributed by atoms with Crippen LogP contribution in [0.4, 0.5) is 4.39 Å². The monoisotopic (exact) mass is 250 g/mol. The maximum Gasteiger partial charge on any atom is 0.123 e. The molecule has 1 aromatic carbocycles. The standard InChI is InChI=1S/C14H19FN2O/c15-13-1-3-14(4-2-13)18-6-5-17-9-11-7-16-8-12(11)10-17/h1-4,11-12,16H,5-10H2/t11-,12+. The lowest BCUT2D eigenvalue weighted by Crippen LogP contribution is -2.29. The van der Waals surface area contributed by atoms with E-state index < -0.39 is 0 Å². The quantitative estimate of drug-likeness (QED) is 0.873. The highest BCUT2D eigenvalue weighted by Gasteiger charge is 2.35. The van der Waals surface area contributed by atoms with Crippen LogP contribution in [-0.4, -0.2) is 44.2 Å². The Morgan fingerprint density at radius 1 is 1.17 bits per heavy atom. The van der Waals surface area contributed by atoms with Crippen LogP contribution < -0.4 is 10.1 Å². The van der Waals surface area contributed by atoms with Gasteiger partial charge in [0.1, 0.15) is 18.2 Å². The molecule has 0 aromatic heterocycles. The van der Waals surface area contributed by atoms with Crippen molar-refractivity contribution in [3.05, 3.63) is 30.1 Å². The van der Waals surface area contributed by atoms with Gasteiger partial charge in [-0.3, -0.25) is 4.90 Å². The lowest BCUT2D eigenvalue weighted by molar-refractivity contribution is 0.228. The second-order valence-corrected chi connectivity index (χ2v) is 5.24. The number of halogens is 1. The lowest BCUT2D eigenvalue weighted by Gasteiger charge is -2.17. The fourth-order valence-corrected chi connectivity index (χ4v) is 2.96. The van der Waals surface area contributed by atoms with Gasteiger partial charge in [-0.05, 0) is 49.2 Å². The Kier molecular flexibility index (Phi) is 3.48. The number of nitrogens with zero attached hydrogens (tertiary/aromatic N) is 1. The van der Waals surface area contributed by atoms with Gasteiger partial charge in [-0.2, -0.15) is 0 Å². The van der Waals surface area contributed by atoms with Crippen LogP contribution in [0.25, 0.3) is 0 Å². The molecule has 2 aliphatic rings. The molecular formula is C14H19FN2O. The number of hydrogen-bond donors (Lipinski definition) is 1. The predicted octanol–water partition coefficient (Wildman–Crippen LogP) is 1.36. The summed E-state index contributed by atoms with van der Waals surface area (Å²) in [6.45, 7) is 6.34. The van der Waals surface area contributed by atoms with Gasteiger partial charge in [-0.1, -0.05) is 0 Å². The molecular weight excluding hydrogens is 231 g/mol. The van der Waals surface area contributed by atoms with E-state index in [1.165, 1.54) is 38.3 Å². The van der Waals surface area contributed by atoms with Crippen molar-refractivity contribution in [3.8, 4) is 5.75 Å². The first-order valence-corrected chi connectivity index (χ1v) is 6.63. The summed E-state index contributed by atoms with van der Waals surface area (Å²) in [6.07, 6.45) is 0. The molecule has 2 atom stereocenters. The van der Waals surface area contributed by atoms with Crippen LogP contribution in [0.5, 0.6) is 5.75 Å². The van der Waals surface area contributed by atoms with Crippen molar-refractivity contribution in [1.82, 2.24) is 10.2 Å². The molecule has 0 bridgehead atoms. The Morgan fingerprint density at radius 3 is 2.50 bits per heavy atom. The van der Waals surface area contributed by atoms with Crippen molar-refractivity contribution in [2.24, 2.45) is 11.8 Å². The second kappa shape index (κ2) is 5.24. The van der Waals surface area contributed by atoms with Gasteiger partial charge in [0.2, 0.25) is 0 Å². The first kappa shape index (κ1) is 11.9. The van der Waals surface area contributed by atoms with Gasteiger partial charge in [0, 0.05) is 19.6 Å². The zero-order valence-electron chi connectivity index (χ0n) is 10.4. The Balaban J connectivity index is 1.41. The Hall–Kier alpha value is -1.13. The van der Waals surface area contributed by atoms with Gasteiger partial charge in [0.15, 0.2) is 0 Å². The van der Waals surface area contributed by atoms with Gasteiger partial charge in [0.05, 0.1) is 0 Å². The molecule has 1 N–H and O–H groups in total. The first-order chi connectivity index (χ1) is 8.81. The smallest absolute Gasteiger partial charge is 0.123 e. The van der Waals surface area contributed by atoms with Crippen LogP contribution in [-0.2, 0) is 0 Å². The molecule has 0 saturated carbocycles. The molecule has 2 heterocycles. The number of likely N-dealkylation sites (tertiary alicyclic amines) is 1. The van der Waals surface area contributed by atoms with Crippen LogP contribution in [0.2, 0.25) is 0 Å². The fourth-order valence-electron chi connectivity index (χ4n) is 2.96. The van der Waals surface area contributed by atoms with E-state index in [9.17, 15) is 4.39 Å².